The molecule has 10 N–H and O–H groups in total. The standard InChI is InChI=1S/C27H30O15/c1-39-13-4-8(2-3-9(13)29)12-5-10(30)15-20(34)16(26-23(37)18(32)11(31)7-40-26)21(35)17(25(15)41-12)27-24(38)22(36)19(33)14(6-28)42-27/h2-5,11,14,18-19,22-24,26-29,31-38H,6-7H2,1H3/t11-,14+,18+,19+,22-,23-,24+,26-,27-/m0/s1. The Morgan fingerprint density at radius 3 is 2.21 bits per heavy atom. The molecule has 2 aromatic carbocycles. The largest absolute Gasteiger partial charge is 0.507 e. The zero-order chi connectivity index (χ0) is 30.6. The molecular weight excluding hydrogens is 564 g/mol. The van der Waals surface area contributed by atoms with Crippen molar-refractivity contribution in [2.24, 2.45) is 0 Å². The van der Waals surface area contributed by atoms with E-state index in [2.05, 4.69) is 0 Å². The Labute approximate surface area is 236 Å². The fourth-order valence-corrected chi connectivity index (χ4v) is 5.31. The summed E-state index contributed by atoms with van der Waals surface area (Å²) in [4.78, 5) is 13.5. The topological polar surface area (TPSA) is 260 Å². The molecule has 0 amide bonds. The first kappa shape index (κ1) is 30.0. The van der Waals surface area contributed by atoms with Crippen molar-refractivity contribution in [3.8, 4) is 34.3 Å². The van der Waals surface area contributed by atoms with Crippen molar-refractivity contribution in [2.45, 2.75) is 54.9 Å². The minimum absolute atomic E-state index is 0.0228. The molecule has 0 bridgehead atoms. The molecule has 0 unspecified atom stereocenters. The molecule has 15 nitrogen and oxygen atoms in total. The van der Waals surface area contributed by atoms with E-state index in [4.69, 9.17) is 18.6 Å². The molecule has 0 spiro atoms. The fraction of sp³-hybridized carbons (Fsp3) is 0.444. The van der Waals surface area contributed by atoms with Crippen LogP contribution in [0.3, 0.4) is 0 Å². The van der Waals surface area contributed by atoms with E-state index in [-0.39, 0.29) is 22.8 Å². The number of ether oxygens (including phenoxy) is 3. The lowest BCUT2D eigenvalue weighted by atomic mass is 9.85. The molecule has 5 rings (SSSR count). The van der Waals surface area contributed by atoms with Crippen LogP contribution in [0.5, 0.6) is 23.0 Å². The van der Waals surface area contributed by atoms with Crippen molar-refractivity contribution < 1.29 is 69.7 Å². The SMILES string of the molecule is COc1cc(-c2cc(=O)c3c(O)c([C@@H]4OC[C@H](O)[C@@H](O)[C@@H]4O)c(O)c([C@@H]4O[C@H](CO)[C@@H](O)[C@H](O)[C@H]4O)c3o2)ccc1O. The highest BCUT2D eigenvalue weighted by Gasteiger charge is 2.48. The Morgan fingerprint density at radius 2 is 1.55 bits per heavy atom. The summed E-state index contributed by atoms with van der Waals surface area (Å²) in [5, 5.41) is 104. The highest BCUT2D eigenvalue weighted by molar-refractivity contribution is 5.92. The molecule has 9 atom stereocenters. The van der Waals surface area contributed by atoms with Gasteiger partial charge in [0.2, 0.25) is 0 Å². The van der Waals surface area contributed by atoms with Gasteiger partial charge in [0.15, 0.2) is 22.5 Å². The average Bonchev–Trinajstić information content (AvgIpc) is 2.96. The van der Waals surface area contributed by atoms with Gasteiger partial charge in [0.25, 0.3) is 0 Å². The summed E-state index contributed by atoms with van der Waals surface area (Å²) >= 11 is 0. The Balaban J connectivity index is 1.82. The van der Waals surface area contributed by atoms with Gasteiger partial charge in [-0.15, -0.1) is 0 Å². The summed E-state index contributed by atoms with van der Waals surface area (Å²) in [5.41, 5.74) is -2.39. The van der Waals surface area contributed by atoms with Crippen molar-refractivity contribution in [1.29, 1.82) is 0 Å². The van der Waals surface area contributed by atoms with Crippen molar-refractivity contribution in [3.63, 3.8) is 0 Å². The fourth-order valence-electron chi connectivity index (χ4n) is 5.31. The second-order valence-electron chi connectivity index (χ2n) is 10.1. The lowest BCUT2D eigenvalue weighted by molar-refractivity contribution is -0.231. The minimum Gasteiger partial charge on any atom is -0.507 e. The van der Waals surface area contributed by atoms with Crippen LogP contribution in [0.2, 0.25) is 0 Å². The molecule has 2 saturated heterocycles. The maximum atomic E-state index is 13.5. The third-order valence-corrected chi connectivity index (χ3v) is 7.62. The maximum Gasteiger partial charge on any atom is 0.197 e. The van der Waals surface area contributed by atoms with E-state index < -0.39 is 107 Å². The first-order valence-corrected chi connectivity index (χ1v) is 12.8. The van der Waals surface area contributed by atoms with Gasteiger partial charge in [-0.25, -0.2) is 0 Å². The van der Waals surface area contributed by atoms with Gasteiger partial charge in [0.05, 0.1) is 31.5 Å². The van der Waals surface area contributed by atoms with E-state index >= 15 is 0 Å². The van der Waals surface area contributed by atoms with Gasteiger partial charge in [-0.2, -0.15) is 0 Å². The van der Waals surface area contributed by atoms with E-state index in [1.54, 1.807) is 0 Å². The normalized spacial score (nSPS) is 31.8. The smallest absolute Gasteiger partial charge is 0.197 e. The van der Waals surface area contributed by atoms with Crippen molar-refractivity contribution in [1.82, 2.24) is 0 Å². The molecule has 1 aromatic heterocycles. The second-order valence-corrected chi connectivity index (χ2v) is 10.1. The molecular formula is C27H30O15. The Bertz CT molecular complexity index is 1530. The highest BCUT2D eigenvalue weighted by Crippen LogP contribution is 2.50. The van der Waals surface area contributed by atoms with Gasteiger partial charge in [0, 0.05) is 11.6 Å². The van der Waals surface area contributed by atoms with Crippen LogP contribution in [0.15, 0.2) is 33.5 Å². The Hall–Kier alpha value is -3.51. The van der Waals surface area contributed by atoms with Crippen molar-refractivity contribution >= 4 is 11.0 Å². The molecule has 3 heterocycles. The summed E-state index contributed by atoms with van der Waals surface area (Å²) in [6.45, 7) is -1.37. The molecule has 3 aromatic rings. The highest BCUT2D eigenvalue weighted by atomic mass is 16.5. The van der Waals surface area contributed by atoms with Crippen LogP contribution in [0.4, 0.5) is 0 Å². The summed E-state index contributed by atoms with van der Waals surface area (Å²) in [6.07, 6.45) is -15.9. The average molecular weight is 595 g/mol. The lowest BCUT2D eigenvalue weighted by Crippen LogP contribution is -2.55. The number of hydrogen-bond acceptors (Lipinski definition) is 15. The number of aromatic hydroxyl groups is 3. The van der Waals surface area contributed by atoms with Crippen LogP contribution in [-0.4, -0.2) is 114 Å². The predicted octanol–water partition coefficient (Wildman–Crippen LogP) is -1.75. The summed E-state index contributed by atoms with van der Waals surface area (Å²) in [6, 6.07) is 4.95. The number of aliphatic hydroxyl groups is 7. The molecule has 2 aliphatic heterocycles. The Kier molecular flexibility index (Phi) is 8.06. The quantitative estimate of drug-likeness (QED) is 0.157. The third-order valence-electron chi connectivity index (χ3n) is 7.62. The van der Waals surface area contributed by atoms with E-state index in [0.29, 0.717) is 0 Å². The molecule has 2 aliphatic rings. The number of rotatable bonds is 5. The first-order valence-electron chi connectivity index (χ1n) is 12.8. The number of methoxy groups -OCH3 is 1. The van der Waals surface area contributed by atoms with E-state index in [9.17, 15) is 55.9 Å². The molecule has 15 heteroatoms. The van der Waals surface area contributed by atoms with Gasteiger partial charge in [0.1, 0.15) is 77.6 Å². The van der Waals surface area contributed by atoms with Crippen molar-refractivity contribution in [2.75, 3.05) is 20.3 Å². The van der Waals surface area contributed by atoms with Crippen LogP contribution >= 0.6 is 0 Å². The van der Waals surface area contributed by atoms with Gasteiger partial charge >= 0.3 is 0 Å². The number of aliphatic hydroxyl groups excluding tert-OH is 7. The van der Waals surface area contributed by atoms with E-state index in [0.717, 1.165) is 6.07 Å². The lowest BCUT2D eigenvalue weighted by Gasteiger charge is -2.41. The number of fused-ring (bicyclic) bond motifs is 1. The monoisotopic (exact) mass is 594 g/mol. The number of phenolic OH excluding ortho intramolecular Hbond substituents is 3. The first-order chi connectivity index (χ1) is 19.9. The molecule has 228 valence electrons. The second kappa shape index (κ2) is 11.3. The zero-order valence-corrected chi connectivity index (χ0v) is 21.9. The Morgan fingerprint density at radius 1 is 0.857 bits per heavy atom. The van der Waals surface area contributed by atoms with Gasteiger partial charge in [-0.1, -0.05) is 0 Å². The van der Waals surface area contributed by atoms with Gasteiger partial charge < -0.3 is 69.7 Å². The van der Waals surface area contributed by atoms with E-state index in [1.807, 2.05) is 0 Å². The van der Waals surface area contributed by atoms with Crippen LogP contribution in [0, 0.1) is 0 Å². The van der Waals surface area contributed by atoms with Crippen LogP contribution in [0.1, 0.15) is 23.3 Å². The molecule has 2 fully saturated rings. The molecule has 0 radical (unpaired) electrons. The summed E-state index contributed by atoms with van der Waals surface area (Å²) in [7, 11) is 1.29. The van der Waals surface area contributed by atoms with Crippen LogP contribution in [-0.2, 0) is 9.47 Å². The molecule has 42 heavy (non-hydrogen) atoms. The van der Waals surface area contributed by atoms with E-state index in [1.165, 1.54) is 25.3 Å². The number of hydrogen-bond donors (Lipinski definition) is 10. The number of benzene rings is 2. The third kappa shape index (κ3) is 4.74. The zero-order valence-electron chi connectivity index (χ0n) is 21.9. The minimum atomic E-state index is -1.98. The van der Waals surface area contributed by atoms with Gasteiger partial charge in [-0.05, 0) is 18.2 Å². The number of phenols is 3. The summed E-state index contributed by atoms with van der Waals surface area (Å²) < 4.78 is 22.1. The maximum absolute atomic E-state index is 13.5. The predicted molar refractivity (Wildman–Crippen MR) is 139 cm³/mol. The summed E-state index contributed by atoms with van der Waals surface area (Å²) in [5.74, 6) is -2.22. The van der Waals surface area contributed by atoms with Crippen molar-refractivity contribution in [3.05, 3.63) is 45.6 Å². The van der Waals surface area contributed by atoms with Gasteiger partial charge in [-0.3, -0.25) is 4.79 Å². The molecule has 0 saturated carbocycles. The van der Waals surface area contributed by atoms with Crippen LogP contribution < -0.4 is 10.2 Å². The van der Waals surface area contributed by atoms with Crippen LogP contribution in [0.25, 0.3) is 22.3 Å². The molecule has 0 aliphatic carbocycles.